The number of hydrogen-bond acceptors (Lipinski definition) is 9. The van der Waals surface area contributed by atoms with Crippen LogP contribution in [-0.4, -0.2) is 136 Å². The molecule has 17 heteroatoms. The molecule has 2 heterocycles. The normalized spacial score (nSPS) is 20.6. The van der Waals surface area contributed by atoms with Crippen LogP contribution in [0.1, 0.15) is 50.5 Å². The zero-order valence-electron chi connectivity index (χ0n) is 29.6. The highest BCUT2D eigenvalue weighted by atomic mass is 32.2. The summed E-state index contributed by atoms with van der Waals surface area (Å²) >= 11 is 0. The monoisotopic (exact) mass is 756 g/mol. The molecule has 1 saturated carbocycles. The molecule has 0 aromatic heterocycles. The molecule has 2 saturated heterocycles. The Bertz CT molecular complexity index is 1410. The third-order valence-corrected chi connectivity index (χ3v) is 11.4. The van der Waals surface area contributed by atoms with Crippen molar-refractivity contribution in [2.75, 3.05) is 65.7 Å². The quantitative estimate of drug-likeness (QED) is 0.127. The smallest absolute Gasteiger partial charge is 0.351 e. The first-order valence-electron chi connectivity index (χ1n) is 18.2. The third kappa shape index (κ3) is 12.5. The average molecular weight is 757 g/mol. The first-order valence-corrected chi connectivity index (χ1v) is 19.6. The Morgan fingerprint density at radius 2 is 1.56 bits per heavy atom. The minimum absolute atomic E-state index is 0.00566. The number of rotatable bonds is 19. The van der Waals surface area contributed by atoms with Gasteiger partial charge in [-0.3, -0.25) is 19.3 Å². The maximum atomic E-state index is 15.6. The summed E-state index contributed by atoms with van der Waals surface area (Å²) in [6.07, 6.45) is 2.78. The number of alkyl halides is 2. The maximum Gasteiger partial charge on any atom is 0.351 e. The molecule has 52 heavy (non-hydrogen) atoms. The maximum absolute atomic E-state index is 15.6. The van der Waals surface area contributed by atoms with E-state index in [1.165, 1.54) is 10.4 Å². The van der Waals surface area contributed by atoms with Crippen molar-refractivity contribution >= 4 is 27.9 Å². The van der Waals surface area contributed by atoms with Gasteiger partial charge in [0.15, 0.2) is 0 Å². The molecular formula is C35H54F2N6O8S. The predicted octanol–water partition coefficient (Wildman–Crippen LogP) is 0.725. The van der Waals surface area contributed by atoms with Crippen molar-refractivity contribution in [3.63, 3.8) is 0 Å². The molecule has 0 spiro atoms. The number of amides is 3. The van der Waals surface area contributed by atoms with Crippen LogP contribution in [0.4, 0.5) is 8.78 Å². The van der Waals surface area contributed by atoms with Crippen LogP contribution in [-0.2, 0) is 40.5 Å². The van der Waals surface area contributed by atoms with E-state index in [0.29, 0.717) is 51.3 Å². The van der Waals surface area contributed by atoms with Crippen LogP contribution in [0, 0.1) is 5.92 Å². The van der Waals surface area contributed by atoms with Gasteiger partial charge in [-0.2, -0.15) is 26.2 Å². The van der Waals surface area contributed by atoms with Crippen molar-refractivity contribution in [1.29, 1.82) is 0 Å². The van der Waals surface area contributed by atoms with Gasteiger partial charge >= 0.3 is 5.92 Å². The fourth-order valence-electron chi connectivity index (χ4n) is 6.74. The van der Waals surface area contributed by atoms with E-state index in [2.05, 4.69) is 27.3 Å². The van der Waals surface area contributed by atoms with Gasteiger partial charge in [-0.15, -0.1) is 6.58 Å². The molecule has 1 aliphatic carbocycles. The Hall–Kier alpha value is -3.06. The summed E-state index contributed by atoms with van der Waals surface area (Å²) in [6, 6.07) is 4.50. The Morgan fingerprint density at radius 1 is 0.942 bits per heavy atom. The highest BCUT2D eigenvalue weighted by Crippen LogP contribution is 2.31. The van der Waals surface area contributed by atoms with E-state index < -0.39 is 58.1 Å². The number of aliphatic hydroxyl groups excluding tert-OH is 1. The standard InChI is InChI=1S/C35H54F2N6O8S/c1-2-9-28(39-33(46)30(25-27-12-7-4-8-13-27)41-52(48,49)43-18-22-51-23-19-43)32(45)40-29(24-26-10-5-3-6-11-26)31(44)35(36,37)34(47)38-14-15-42-16-20-50-21-17-42/h2,4,7-8,12-13,26,28-31,41,44H,1,3,5-6,9-11,14-25H2,(H,38,47)(H,39,46)(H,40,45)/t28?,29?,30?,31-/m1/s1. The van der Waals surface area contributed by atoms with Gasteiger partial charge in [0.05, 0.1) is 32.5 Å². The number of nitrogens with zero attached hydrogens (tertiary/aromatic N) is 2. The number of benzene rings is 1. The minimum atomic E-state index is -4.24. The fourth-order valence-corrected chi connectivity index (χ4v) is 8.07. The van der Waals surface area contributed by atoms with Gasteiger partial charge in [0.1, 0.15) is 18.2 Å². The van der Waals surface area contributed by atoms with Crippen LogP contribution in [0.5, 0.6) is 0 Å². The number of nitrogens with one attached hydrogen (secondary N) is 4. The highest BCUT2D eigenvalue weighted by molar-refractivity contribution is 7.87. The Morgan fingerprint density at radius 3 is 2.19 bits per heavy atom. The molecule has 3 unspecified atom stereocenters. The summed E-state index contributed by atoms with van der Waals surface area (Å²) in [5.74, 6) is -7.68. The number of morpholine rings is 2. The number of hydrogen-bond donors (Lipinski definition) is 5. The number of ether oxygens (including phenoxy) is 2. The predicted molar refractivity (Wildman–Crippen MR) is 189 cm³/mol. The van der Waals surface area contributed by atoms with Crippen LogP contribution in [0.15, 0.2) is 43.0 Å². The summed E-state index contributed by atoms with van der Waals surface area (Å²) in [7, 11) is -4.14. The second-order valence-corrected chi connectivity index (χ2v) is 15.3. The lowest BCUT2D eigenvalue weighted by atomic mass is 9.82. The van der Waals surface area contributed by atoms with E-state index in [1.54, 1.807) is 30.3 Å². The molecule has 0 radical (unpaired) electrons. The second kappa shape index (κ2) is 20.4. The Kier molecular flexibility index (Phi) is 16.4. The average Bonchev–Trinajstić information content (AvgIpc) is 3.15. The number of carbonyl (C=O) groups excluding carboxylic acids is 3. The van der Waals surface area contributed by atoms with Gasteiger partial charge in [0.2, 0.25) is 11.8 Å². The first-order chi connectivity index (χ1) is 24.9. The molecule has 5 N–H and O–H groups in total. The van der Waals surface area contributed by atoms with Crippen LogP contribution < -0.4 is 20.7 Å². The molecule has 1 aromatic carbocycles. The van der Waals surface area contributed by atoms with Crippen molar-refractivity contribution in [3.05, 3.63) is 48.6 Å². The minimum Gasteiger partial charge on any atom is -0.384 e. The number of carbonyl (C=O) groups is 3. The topological polar surface area (TPSA) is 179 Å². The molecule has 3 aliphatic rings. The van der Waals surface area contributed by atoms with E-state index in [9.17, 15) is 27.9 Å². The van der Waals surface area contributed by atoms with E-state index in [4.69, 9.17) is 9.47 Å². The zero-order valence-corrected chi connectivity index (χ0v) is 30.5. The zero-order chi connectivity index (χ0) is 37.6. The summed E-state index contributed by atoms with van der Waals surface area (Å²) in [5.41, 5.74) is 0.651. The molecular weight excluding hydrogens is 702 g/mol. The lowest BCUT2D eigenvalue weighted by Crippen LogP contribution is -2.61. The second-order valence-electron chi connectivity index (χ2n) is 13.6. The van der Waals surface area contributed by atoms with Crippen LogP contribution in [0.2, 0.25) is 0 Å². The highest BCUT2D eigenvalue weighted by Gasteiger charge is 2.51. The third-order valence-electron chi connectivity index (χ3n) is 9.75. The summed E-state index contributed by atoms with van der Waals surface area (Å²) in [4.78, 5) is 42.3. The Balaban J connectivity index is 1.48. The van der Waals surface area contributed by atoms with Crippen molar-refractivity contribution in [2.45, 2.75) is 81.5 Å². The first kappa shape index (κ1) is 41.7. The van der Waals surface area contributed by atoms with E-state index in [0.717, 1.165) is 19.3 Å². The molecule has 1 aromatic rings. The van der Waals surface area contributed by atoms with Gasteiger partial charge in [0, 0.05) is 39.3 Å². The van der Waals surface area contributed by atoms with Crippen LogP contribution >= 0.6 is 0 Å². The van der Waals surface area contributed by atoms with Crippen molar-refractivity contribution < 1.29 is 46.2 Å². The van der Waals surface area contributed by atoms with Crippen molar-refractivity contribution in [1.82, 2.24) is 29.9 Å². The molecule has 2 aliphatic heterocycles. The fraction of sp³-hybridized carbons (Fsp3) is 0.686. The summed E-state index contributed by atoms with van der Waals surface area (Å²) in [5, 5.41) is 18.4. The van der Waals surface area contributed by atoms with Gasteiger partial charge in [0.25, 0.3) is 16.1 Å². The molecule has 4 rings (SSSR count). The number of aliphatic hydroxyl groups is 1. The van der Waals surface area contributed by atoms with E-state index >= 15 is 8.78 Å². The van der Waals surface area contributed by atoms with Gasteiger partial charge in [-0.05, 0) is 30.7 Å². The molecule has 292 valence electrons. The van der Waals surface area contributed by atoms with Gasteiger partial charge in [-0.25, -0.2) is 0 Å². The van der Waals surface area contributed by atoms with Crippen molar-refractivity contribution in [3.8, 4) is 0 Å². The van der Waals surface area contributed by atoms with Crippen LogP contribution in [0.25, 0.3) is 0 Å². The SMILES string of the molecule is C=CCC(NC(=O)C(Cc1ccccc1)NS(=O)(=O)N1CCOCC1)C(=O)NC(CC1CCCCC1)[C@@H](O)C(F)(F)C(=O)NCCN1CCOCC1. The van der Waals surface area contributed by atoms with Gasteiger partial charge in [-0.1, -0.05) is 68.5 Å². The lowest BCUT2D eigenvalue weighted by Gasteiger charge is -2.34. The summed E-state index contributed by atoms with van der Waals surface area (Å²) in [6.45, 7) is 6.76. The van der Waals surface area contributed by atoms with Crippen LogP contribution in [0.3, 0.4) is 0 Å². The molecule has 0 bridgehead atoms. The summed E-state index contributed by atoms with van der Waals surface area (Å²) < 4.78 is 72.0. The molecule has 14 nitrogen and oxygen atoms in total. The van der Waals surface area contributed by atoms with E-state index in [1.807, 2.05) is 4.90 Å². The molecule has 3 amide bonds. The van der Waals surface area contributed by atoms with E-state index in [-0.39, 0.29) is 58.0 Å². The molecule has 3 fully saturated rings. The number of halogens is 2. The Labute approximate surface area is 305 Å². The lowest BCUT2D eigenvalue weighted by molar-refractivity contribution is -0.168. The molecule has 4 atom stereocenters. The van der Waals surface area contributed by atoms with Crippen molar-refractivity contribution in [2.24, 2.45) is 5.92 Å². The van der Waals surface area contributed by atoms with Gasteiger partial charge < -0.3 is 30.5 Å². The largest absolute Gasteiger partial charge is 0.384 e.